The van der Waals surface area contributed by atoms with Gasteiger partial charge in [-0.05, 0) is 25.0 Å². The maximum absolute atomic E-state index is 12.0. The third-order valence-corrected chi connectivity index (χ3v) is 4.82. The van der Waals surface area contributed by atoms with Crippen LogP contribution in [0.3, 0.4) is 0 Å². The van der Waals surface area contributed by atoms with Crippen LogP contribution in [-0.4, -0.2) is 55.4 Å². The highest BCUT2D eigenvalue weighted by Crippen LogP contribution is 2.11. The number of carboxylic acid groups (broad SMARTS) is 1. The van der Waals surface area contributed by atoms with Gasteiger partial charge in [-0.25, -0.2) is 13.2 Å². The Morgan fingerprint density at radius 3 is 2.38 bits per heavy atom. The highest BCUT2D eigenvalue weighted by molar-refractivity contribution is 7.92. The smallest absolute Gasteiger partial charge is 0.335 e. The molecule has 0 bridgehead atoms. The van der Waals surface area contributed by atoms with E-state index in [0.717, 1.165) is 6.26 Å². The summed E-state index contributed by atoms with van der Waals surface area (Å²) < 4.78 is 22.7. The fraction of sp³-hybridized carbons (Fsp3) is 0.429. The monoisotopic (exact) mass is 313 g/mol. The van der Waals surface area contributed by atoms with Gasteiger partial charge in [-0.3, -0.25) is 4.79 Å². The normalized spacial score (nSPS) is 12.7. The predicted molar refractivity (Wildman–Crippen MR) is 79.0 cm³/mol. The first-order valence-electron chi connectivity index (χ1n) is 6.39. The number of hydrogen-bond donors (Lipinski definition) is 1. The third kappa shape index (κ3) is 4.56. The van der Waals surface area contributed by atoms with E-state index in [4.69, 9.17) is 5.11 Å². The summed E-state index contributed by atoms with van der Waals surface area (Å²) in [4.78, 5) is 24.4. The zero-order valence-corrected chi connectivity index (χ0v) is 13.1. The van der Waals surface area contributed by atoms with Gasteiger partial charge in [0.25, 0.3) is 0 Å². The van der Waals surface area contributed by atoms with Crippen molar-refractivity contribution in [3.63, 3.8) is 0 Å². The molecule has 0 aliphatic heterocycles. The number of aromatic carboxylic acids is 1. The van der Waals surface area contributed by atoms with Gasteiger partial charge in [-0.1, -0.05) is 18.2 Å². The van der Waals surface area contributed by atoms with E-state index in [1.165, 1.54) is 24.9 Å². The number of rotatable bonds is 6. The summed E-state index contributed by atoms with van der Waals surface area (Å²) >= 11 is 0. The average Bonchev–Trinajstić information content (AvgIpc) is 2.42. The molecule has 0 aliphatic carbocycles. The third-order valence-electron chi connectivity index (χ3n) is 3.33. The molecule has 116 valence electrons. The van der Waals surface area contributed by atoms with Gasteiger partial charge in [0.1, 0.15) is 5.25 Å². The van der Waals surface area contributed by atoms with E-state index >= 15 is 0 Å². The lowest BCUT2D eigenvalue weighted by molar-refractivity contribution is -0.129. The van der Waals surface area contributed by atoms with Crippen molar-refractivity contribution in [3.05, 3.63) is 35.4 Å². The number of carbonyl (C=O) groups excluding carboxylic acids is 1. The fourth-order valence-electron chi connectivity index (χ4n) is 1.84. The average molecular weight is 313 g/mol. The zero-order valence-electron chi connectivity index (χ0n) is 12.2. The lowest BCUT2D eigenvalue weighted by Crippen LogP contribution is -2.39. The van der Waals surface area contributed by atoms with Gasteiger partial charge in [0, 0.05) is 19.8 Å². The number of sulfone groups is 1. The van der Waals surface area contributed by atoms with Crippen LogP contribution in [0.15, 0.2) is 24.3 Å². The molecular weight excluding hydrogens is 294 g/mol. The maximum atomic E-state index is 12.0. The van der Waals surface area contributed by atoms with Crippen LogP contribution in [0.1, 0.15) is 22.8 Å². The summed E-state index contributed by atoms with van der Waals surface area (Å²) in [5.74, 6) is -1.52. The van der Waals surface area contributed by atoms with Crippen molar-refractivity contribution in [3.8, 4) is 0 Å². The van der Waals surface area contributed by atoms with Crippen LogP contribution in [0.4, 0.5) is 0 Å². The largest absolute Gasteiger partial charge is 0.478 e. The Morgan fingerprint density at radius 2 is 1.86 bits per heavy atom. The number of nitrogens with zero attached hydrogens (tertiary/aromatic N) is 1. The molecule has 1 atom stereocenters. The maximum Gasteiger partial charge on any atom is 0.335 e. The van der Waals surface area contributed by atoms with Crippen molar-refractivity contribution in [2.24, 2.45) is 0 Å². The zero-order chi connectivity index (χ0) is 16.2. The van der Waals surface area contributed by atoms with E-state index in [-0.39, 0.29) is 12.1 Å². The molecule has 0 aromatic heterocycles. The molecule has 21 heavy (non-hydrogen) atoms. The summed E-state index contributed by atoms with van der Waals surface area (Å²) in [5.41, 5.74) is 0.797. The summed E-state index contributed by atoms with van der Waals surface area (Å²) in [7, 11) is -1.93. The van der Waals surface area contributed by atoms with Crippen molar-refractivity contribution < 1.29 is 23.1 Å². The molecule has 0 radical (unpaired) electrons. The topological polar surface area (TPSA) is 91.8 Å². The highest BCUT2D eigenvalue weighted by Gasteiger charge is 2.26. The summed E-state index contributed by atoms with van der Waals surface area (Å²) in [6.07, 6.45) is 1.37. The number of hydrogen-bond acceptors (Lipinski definition) is 4. The van der Waals surface area contributed by atoms with Gasteiger partial charge in [0.15, 0.2) is 9.84 Å². The Morgan fingerprint density at radius 1 is 1.29 bits per heavy atom. The van der Waals surface area contributed by atoms with E-state index in [2.05, 4.69) is 0 Å². The molecule has 0 fully saturated rings. The molecule has 1 aromatic carbocycles. The minimum Gasteiger partial charge on any atom is -0.478 e. The first-order chi connectivity index (χ1) is 9.64. The molecule has 1 N–H and O–H groups in total. The van der Waals surface area contributed by atoms with Crippen LogP contribution in [0.5, 0.6) is 0 Å². The van der Waals surface area contributed by atoms with Crippen LogP contribution in [0.25, 0.3) is 0 Å². The second-order valence-corrected chi connectivity index (χ2v) is 7.31. The van der Waals surface area contributed by atoms with Crippen LogP contribution in [0, 0.1) is 0 Å². The van der Waals surface area contributed by atoms with Crippen molar-refractivity contribution >= 4 is 21.7 Å². The van der Waals surface area contributed by atoms with E-state index in [0.29, 0.717) is 12.0 Å². The van der Waals surface area contributed by atoms with E-state index in [9.17, 15) is 18.0 Å². The Kier molecular flexibility index (Phi) is 5.48. The summed E-state index contributed by atoms with van der Waals surface area (Å²) in [6, 6.07) is 6.54. The minimum atomic E-state index is -3.44. The molecule has 0 saturated carbocycles. The molecule has 0 heterocycles. The van der Waals surface area contributed by atoms with Crippen LogP contribution in [0.2, 0.25) is 0 Å². The van der Waals surface area contributed by atoms with Gasteiger partial charge in [0.05, 0.1) is 5.56 Å². The Hall–Kier alpha value is -1.89. The molecule has 1 rings (SSSR count). The van der Waals surface area contributed by atoms with Crippen molar-refractivity contribution in [2.75, 3.05) is 19.8 Å². The van der Waals surface area contributed by atoms with E-state index in [1.807, 2.05) is 0 Å². The number of amides is 1. The van der Waals surface area contributed by atoms with E-state index in [1.54, 1.807) is 18.2 Å². The second kappa shape index (κ2) is 6.71. The number of likely N-dealkylation sites (N-methyl/N-ethyl adjacent to an activating group) is 1. The Balaban J connectivity index is 2.76. The van der Waals surface area contributed by atoms with Crippen LogP contribution in [-0.2, 0) is 21.1 Å². The van der Waals surface area contributed by atoms with Crippen molar-refractivity contribution in [1.82, 2.24) is 4.90 Å². The first-order valence-corrected chi connectivity index (χ1v) is 8.35. The lowest BCUT2D eigenvalue weighted by atomic mass is 10.0. The number of benzene rings is 1. The molecule has 1 amide bonds. The van der Waals surface area contributed by atoms with E-state index < -0.39 is 27.0 Å². The van der Waals surface area contributed by atoms with Crippen LogP contribution < -0.4 is 0 Å². The van der Waals surface area contributed by atoms with Gasteiger partial charge in [0.2, 0.25) is 5.91 Å². The molecule has 7 heteroatoms. The molecule has 0 saturated heterocycles. The van der Waals surface area contributed by atoms with Crippen molar-refractivity contribution in [1.29, 1.82) is 0 Å². The minimum absolute atomic E-state index is 0.189. The van der Waals surface area contributed by atoms with Crippen molar-refractivity contribution in [2.45, 2.75) is 18.6 Å². The Bertz CT molecular complexity index is 639. The lowest BCUT2D eigenvalue weighted by Gasteiger charge is -2.20. The summed E-state index contributed by atoms with van der Waals surface area (Å²) in [6.45, 7) is 1.60. The second-order valence-electron chi connectivity index (χ2n) is 4.94. The van der Waals surface area contributed by atoms with Crippen LogP contribution >= 0.6 is 0 Å². The van der Waals surface area contributed by atoms with Gasteiger partial charge < -0.3 is 10.0 Å². The molecule has 0 spiro atoms. The highest BCUT2D eigenvalue weighted by atomic mass is 32.2. The molecule has 0 aliphatic rings. The molecule has 1 aromatic rings. The van der Waals surface area contributed by atoms with Gasteiger partial charge in [-0.2, -0.15) is 0 Å². The fourth-order valence-corrected chi connectivity index (χ4v) is 2.39. The summed E-state index contributed by atoms with van der Waals surface area (Å²) in [5, 5.41) is 7.98. The number of carbonyl (C=O) groups is 2. The Labute approximate surface area is 124 Å². The number of carboxylic acids is 1. The van der Waals surface area contributed by atoms with Gasteiger partial charge >= 0.3 is 5.97 Å². The first kappa shape index (κ1) is 17.2. The molecule has 1 unspecified atom stereocenters. The molecule has 6 nitrogen and oxygen atoms in total. The predicted octanol–water partition coefficient (Wildman–Crippen LogP) is 0.819. The standard InChI is InChI=1S/C14H19NO5S/c1-10(21(3,19)20)13(16)15(2)9-8-11-6-4-5-7-12(11)14(17)18/h4-7,10H,8-9H2,1-3H3,(H,17,18). The van der Waals surface area contributed by atoms with Gasteiger partial charge in [-0.15, -0.1) is 0 Å². The SMILES string of the molecule is CC(C(=O)N(C)CCc1ccccc1C(=O)O)S(C)(=O)=O. The quantitative estimate of drug-likeness (QED) is 0.839. The molecular formula is C14H19NO5S.